The fraction of sp³-hybridized carbons (Fsp3) is 0.833. The van der Waals surface area contributed by atoms with Crippen LogP contribution in [0.5, 0.6) is 0 Å². The molecule has 3 aliphatic carbocycles. The summed E-state index contributed by atoms with van der Waals surface area (Å²) >= 11 is 6.11. The summed E-state index contributed by atoms with van der Waals surface area (Å²) in [4.78, 5) is 22.6. The highest BCUT2D eigenvalue weighted by Gasteiger charge is 2.70. The minimum absolute atomic E-state index is 0.0319. The van der Waals surface area contributed by atoms with Gasteiger partial charge in [0, 0.05) is 22.1 Å². The minimum Gasteiger partial charge on any atom is -0.303 e. The van der Waals surface area contributed by atoms with E-state index in [-0.39, 0.29) is 15.7 Å². The van der Waals surface area contributed by atoms with E-state index in [1.807, 2.05) is 13.8 Å². The van der Waals surface area contributed by atoms with Crippen LogP contribution < -0.4 is 0 Å². The molecule has 2 nitrogen and oxygen atoms in total. The monoisotopic (exact) mass is 228 g/mol. The van der Waals surface area contributed by atoms with Crippen molar-refractivity contribution < 1.29 is 9.59 Å². The highest BCUT2D eigenvalue weighted by atomic mass is 35.5. The third-order valence-corrected chi connectivity index (χ3v) is 4.27. The average molecular weight is 229 g/mol. The molecule has 15 heavy (non-hydrogen) atoms. The molecule has 3 aliphatic rings. The molecule has 3 saturated carbocycles. The molecule has 0 heterocycles. The maximum Gasteiger partial charge on any atom is 0.139 e. The average Bonchev–Trinajstić information content (AvgIpc) is 2.08. The molecule has 0 N–H and O–H groups in total. The Hall–Kier alpha value is -0.370. The summed E-state index contributed by atoms with van der Waals surface area (Å²) in [7, 11) is 0. The number of Topliss-reactive ketones (excluding diaryl/α,β-unsaturated/α-hetero) is 1. The summed E-state index contributed by atoms with van der Waals surface area (Å²) in [6, 6.07) is 0. The number of ketones is 1. The summed E-state index contributed by atoms with van der Waals surface area (Å²) in [6.07, 6.45) is 4.71. The summed E-state index contributed by atoms with van der Waals surface area (Å²) in [5, 5.41) is 0. The Kier molecular flexibility index (Phi) is 2.27. The Labute approximate surface area is 95.4 Å². The van der Waals surface area contributed by atoms with E-state index in [1.165, 1.54) is 0 Å². The predicted octanol–water partition coefficient (Wildman–Crippen LogP) is 2.72. The Morgan fingerprint density at radius 2 is 1.93 bits per heavy atom. The zero-order valence-corrected chi connectivity index (χ0v) is 10.1. The van der Waals surface area contributed by atoms with Crippen molar-refractivity contribution in [2.45, 2.75) is 50.8 Å². The van der Waals surface area contributed by atoms with Crippen molar-refractivity contribution in [3.8, 4) is 0 Å². The van der Waals surface area contributed by atoms with Crippen molar-refractivity contribution in [1.29, 1.82) is 0 Å². The normalized spacial score (nSPS) is 37.8. The van der Waals surface area contributed by atoms with Crippen LogP contribution in [0.15, 0.2) is 0 Å². The SMILES string of the molecule is CC(C)(C=O)CCC(=O)C12CC(Cl)(C1)C2. The number of carbonyl (C=O) groups is 2. The Morgan fingerprint density at radius 3 is 2.33 bits per heavy atom. The van der Waals surface area contributed by atoms with Gasteiger partial charge in [0.15, 0.2) is 0 Å². The van der Waals surface area contributed by atoms with Crippen LogP contribution in [0, 0.1) is 10.8 Å². The number of hydrogen-bond acceptors (Lipinski definition) is 2. The Morgan fingerprint density at radius 1 is 1.40 bits per heavy atom. The van der Waals surface area contributed by atoms with Crippen LogP contribution in [0.4, 0.5) is 0 Å². The molecular formula is C12H17ClO2. The van der Waals surface area contributed by atoms with Gasteiger partial charge in [0.05, 0.1) is 0 Å². The van der Waals surface area contributed by atoms with Crippen LogP contribution >= 0.6 is 11.6 Å². The van der Waals surface area contributed by atoms with Gasteiger partial charge in [-0.15, -0.1) is 11.6 Å². The van der Waals surface area contributed by atoms with Crippen LogP contribution in [0.3, 0.4) is 0 Å². The maximum atomic E-state index is 11.9. The lowest BCUT2D eigenvalue weighted by molar-refractivity contribution is -0.156. The molecule has 0 amide bonds. The molecule has 0 unspecified atom stereocenters. The largest absolute Gasteiger partial charge is 0.303 e. The van der Waals surface area contributed by atoms with E-state index in [4.69, 9.17) is 11.6 Å². The van der Waals surface area contributed by atoms with Gasteiger partial charge >= 0.3 is 0 Å². The number of halogens is 1. The van der Waals surface area contributed by atoms with Crippen LogP contribution in [-0.2, 0) is 9.59 Å². The molecule has 0 atom stereocenters. The molecule has 3 rings (SSSR count). The van der Waals surface area contributed by atoms with Gasteiger partial charge in [-0.1, -0.05) is 13.8 Å². The Bertz CT molecular complexity index is 300. The van der Waals surface area contributed by atoms with E-state index in [0.29, 0.717) is 18.6 Å². The molecule has 0 aromatic carbocycles. The first-order valence-electron chi connectivity index (χ1n) is 5.50. The van der Waals surface area contributed by atoms with E-state index in [0.717, 1.165) is 25.5 Å². The number of hydrogen-bond donors (Lipinski definition) is 0. The fourth-order valence-corrected chi connectivity index (χ4v) is 3.49. The molecule has 2 bridgehead atoms. The van der Waals surface area contributed by atoms with E-state index >= 15 is 0 Å². The summed E-state index contributed by atoms with van der Waals surface area (Å²) < 4.78 is 0. The predicted molar refractivity (Wildman–Crippen MR) is 59.0 cm³/mol. The molecule has 0 aromatic heterocycles. The molecule has 0 aromatic rings. The van der Waals surface area contributed by atoms with E-state index in [1.54, 1.807) is 0 Å². The second kappa shape index (κ2) is 3.07. The number of alkyl halides is 1. The van der Waals surface area contributed by atoms with Crippen molar-refractivity contribution >= 4 is 23.7 Å². The molecule has 3 fully saturated rings. The van der Waals surface area contributed by atoms with Crippen molar-refractivity contribution in [2.24, 2.45) is 10.8 Å². The summed E-state index contributed by atoms with van der Waals surface area (Å²) in [6.45, 7) is 3.75. The minimum atomic E-state index is -0.363. The van der Waals surface area contributed by atoms with Gasteiger partial charge < -0.3 is 4.79 Å². The zero-order chi connectivity index (χ0) is 11.3. The van der Waals surface area contributed by atoms with Gasteiger partial charge in [0.1, 0.15) is 12.1 Å². The lowest BCUT2D eigenvalue weighted by atomic mass is 9.42. The first-order valence-corrected chi connectivity index (χ1v) is 5.87. The third-order valence-electron chi connectivity index (χ3n) is 3.87. The highest BCUT2D eigenvalue weighted by Crippen LogP contribution is 2.71. The maximum absolute atomic E-state index is 11.9. The second-order valence-electron chi connectivity index (χ2n) is 5.99. The molecule has 0 spiro atoms. The first kappa shape index (κ1) is 11.1. The van der Waals surface area contributed by atoms with Crippen LogP contribution in [0.1, 0.15) is 46.0 Å². The van der Waals surface area contributed by atoms with E-state index in [2.05, 4.69) is 0 Å². The molecule has 84 valence electrons. The van der Waals surface area contributed by atoms with Gasteiger partial charge in [-0.25, -0.2) is 0 Å². The molecule has 0 aliphatic heterocycles. The van der Waals surface area contributed by atoms with Crippen molar-refractivity contribution in [3.05, 3.63) is 0 Å². The van der Waals surface area contributed by atoms with Gasteiger partial charge in [0.25, 0.3) is 0 Å². The number of aldehydes is 1. The van der Waals surface area contributed by atoms with E-state index in [9.17, 15) is 9.59 Å². The summed E-state index contributed by atoms with van der Waals surface area (Å²) in [5.41, 5.74) is -0.446. The van der Waals surface area contributed by atoms with Crippen LogP contribution in [0.2, 0.25) is 0 Å². The van der Waals surface area contributed by atoms with Gasteiger partial charge in [-0.3, -0.25) is 4.79 Å². The molecule has 3 heteroatoms. The van der Waals surface area contributed by atoms with Crippen molar-refractivity contribution in [2.75, 3.05) is 0 Å². The van der Waals surface area contributed by atoms with Crippen molar-refractivity contribution in [1.82, 2.24) is 0 Å². The quantitative estimate of drug-likeness (QED) is 0.536. The fourth-order valence-electron chi connectivity index (χ4n) is 2.72. The summed E-state index contributed by atoms with van der Waals surface area (Å²) in [5.74, 6) is 0.319. The van der Waals surface area contributed by atoms with Crippen LogP contribution in [-0.4, -0.2) is 16.9 Å². The van der Waals surface area contributed by atoms with Gasteiger partial charge in [0.2, 0.25) is 0 Å². The van der Waals surface area contributed by atoms with Crippen LogP contribution in [0.25, 0.3) is 0 Å². The molecule has 0 radical (unpaired) electrons. The third kappa shape index (κ3) is 1.73. The van der Waals surface area contributed by atoms with Gasteiger partial charge in [-0.2, -0.15) is 0 Å². The topological polar surface area (TPSA) is 34.1 Å². The number of carbonyl (C=O) groups excluding carboxylic acids is 2. The molecular weight excluding hydrogens is 212 g/mol. The van der Waals surface area contributed by atoms with Gasteiger partial charge in [-0.05, 0) is 25.7 Å². The first-order chi connectivity index (χ1) is 6.81. The standard InChI is InChI=1S/C12H17ClO2/c1-10(2,8-14)4-3-9(15)11-5-12(13,6-11)7-11/h8H,3-7H2,1-2H3. The number of rotatable bonds is 5. The Balaban J connectivity index is 1.82. The lowest BCUT2D eigenvalue weighted by Gasteiger charge is -2.66. The highest BCUT2D eigenvalue weighted by molar-refractivity contribution is 6.27. The molecule has 0 saturated heterocycles. The second-order valence-corrected chi connectivity index (χ2v) is 6.79. The van der Waals surface area contributed by atoms with Crippen molar-refractivity contribution in [3.63, 3.8) is 0 Å². The lowest BCUT2D eigenvalue weighted by Crippen LogP contribution is -2.67. The zero-order valence-electron chi connectivity index (χ0n) is 9.31. The van der Waals surface area contributed by atoms with E-state index < -0.39 is 0 Å². The smallest absolute Gasteiger partial charge is 0.139 e.